The molecular formula is C11H20N4O3S. The first-order valence-electron chi connectivity index (χ1n) is 5.91. The van der Waals surface area contributed by atoms with E-state index in [-0.39, 0.29) is 29.1 Å². The van der Waals surface area contributed by atoms with Crippen molar-refractivity contribution in [2.45, 2.75) is 24.3 Å². The van der Waals surface area contributed by atoms with Gasteiger partial charge in [0.25, 0.3) is 5.91 Å². The summed E-state index contributed by atoms with van der Waals surface area (Å²) in [5.41, 5.74) is 5.84. The van der Waals surface area contributed by atoms with Gasteiger partial charge >= 0.3 is 0 Å². The summed E-state index contributed by atoms with van der Waals surface area (Å²) in [6, 6.07) is 1.27. The molecule has 0 spiro atoms. The van der Waals surface area contributed by atoms with Gasteiger partial charge in [0.15, 0.2) is 0 Å². The number of hydrogen-bond donors (Lipinski definition) is 3. The van der Waals surface area contributed by atoms with Gasteiger partial charge in [0.05, 0.1) is 0 Å². The maximum Gasteiger partial charge on any atom is 0.267 e. The molecule has 1 aromatic heterocycles. The van der Waals surface area contributed by atoms with Gasteiger partial charge in [0.2, 0.25) is 10.0 Å². The monoisotopic (exact) mass is 288 g/mol. The van der Waals surface area contributed by atoms with E-state index < -0.39 is 10.0 Å². The van der Waals surface area contributed by atoms with Crippen molar-refractivity contribution in [1.29, 1.82) is 0 Å². The van der Waals surface area contributed by atoms with E-state index in [0.29, 0.717) is 6.42 Å². The van der Waals surface area contributed by atoms with Crippen molar-refractivity contribution in [2.75, 3.05) is 13.6 Å². The van der Waals surface area contributed by atoms with E-state index in [1.54, 1.807) is 14.0 Å². The summed E-state index contributed by atoms with van der Waals surface area (Å²) >= 11 is 0. The van der Waals surface area contributed by atoms with Crippen molar-refractivity contribution in [3.05, 3.63) is 18.0 Å². The van der Waals surface area contributed by atoms with Crippen molar-refractivity contribution >= 4 is 15.9 Å². The van der Waals surface area contributed by atoms with Gasteiger partial charge in [-0.25, -0.2) is 13.1 Å². The summed E-state index contributed by atoms with van der Waals surface area (Å²) in [7, 11) is -0.499. The first kappa shape index (κ1) is 15.7. The number of nitrogens with two attached hydrogens (primary N) is 1. The van der Waals surface area contributed by atoms with Crippen LogP contribution in [-0.2, 0) is 17.1 Å². The Bertz CT molecular complexity index is 548. The minimum Gasteiger partial charge on any atom is -0.354 e. The van der Waals surface area contributed by atoms with Crippen molar-refractivity contribution in [2.24, 2.45) is 12.8 Å². The average molecular weight is 288 g/mol. The Morgan fingerprint density at radius 1 is 1.53 bits per heavy atom. The third kappa shape index (κ3) is 4.05. The second kappa shape index (κ2) is 6.18. The van der Waals surface area contributed by atoms with E-state index in [1.807, 2.05) is 0 Å². The second-order valence-electron chi connectivity index (χ2n) is 4.41. The molecule has 0 aliphatic carbocycles. The molecule has 0 saturated carbocycles. The van der Waals surface area contributed by atoms with Crippen LogP contribution in [0.5, 0.6) is 0 Å². The molecule has 0 aromatic carbocycles. The molecule has 4 N–H and O–H groups in total. The molecule has 1 unspecified atom stereocenters. The summed E-state index contributed by atoms with van der Waals surface area (Å²) in [4.78, 5) is 11.6. The zero-order valence-corrected chi connectivity index (χ0v) is 12.1. The number of nitrogens with zero attached hydrogens (tertiary/aromatic N) is 1. The van der Waals surface area contributed by atoms with Gasteiger partial charge in [-0.3, -0.25) is 4.79 Å². The molecule has 19 heavy (non-hydrogen) atoms. The summed E-state index contributed by atoms with van der Waals surface area (Å²) in [5, 5.41) is 2.45. The number of carbonyl (C=O) groups is 1. The molecule has 0 bridgehead atoms. The highest BCUT2D eigenvalue weighted by Crippen LogP contribution is 2.13. The molecule has 1 atom stereocenters. The van der Waals surface area contributed by atoms with Crippen LogP contribution >= 0.6 is 0 Å². The van der Waals surface area contributed by atoms with Crippen LogP contribution in [0.2, 0.25) is 0 Å². The van der Waals surface area contributed by atoms with Crippen LogP contribution < -0.4 is 15.8 Å². The Hall–Kier alpha value is -1.38. The van der Waals surface area contributed by atoms with Crippen LogP contribution in [-0.4, -0.2) is 38.5 Å². The summed E-state index contributed by atoms with van der Waals surface area (Å²) in [6.45, 7) is 2.07. The van der Waals surface area contributed by atoms with Gasteiger partial charge in [-0.05, 0) is 19.4 Å². The maximum atomic E-state index is 12.0. The Kier molecular flexibility index (Phi) is 5.10. The molecule has 1 aromatic rings. The zero-order valence-electron chi connectivity index (χ0n) is 11.3. The molecule has 0 radical (unpaired) electrons. The zero-order chi connectivity index (χ0) is 14.6. The first-order chi connectivity index (χ1) is 8.77. The second-order valence-corrected chi connectivity index (χ2v) is 6.18. The van der Waals surface area contributed by atoms with Crippen LogP contribution in [0.25, 0.3) is 0 Å². The van der Waals surface area contributed by atoms with Crippen molar-refractivity contribution < 1.29 is 13.2 Å². The number of amides is 1. The minimum absolute atomic E-state index is 0.0678. The number of carbonyl (C=O) groups excluding carboxylic acids is 1. The van der Waals surface area contributed by atoms with Crippen LogP contribution in [0.3, 0.4) is 0 Å². The molecule has 1 amide bonds. The van der Waals surface area contributed by atoms with Gasteiger partial charge in [-0.2, -0.15) is 0 Å². The number of hydrogen-bond acceptors (Lipinski definition) is 4. The first-order valence-corrected chi connectivity index (χ1v) is 7.40. The number of aryl methyl sites for hydroxylation is 1. The normalized spacial score (nSPS) is 13.3. The summed E-state index contributed by atoms with van der Waals surface area (Å²) in [6.07, 6.45) is 1.95. The largest absolute Gasteiger partial charge is 0.354 e. The van der Waals surface area contributed by atoms with E-state index >= 15 is 0 Å². The van der Waals surface area contributed by atoms with E-state index in [2.05, 4.69) is 10.0 Å². The highest BCUT2D eigenvalue weighted by Gasteiger charge is 2.19. The maximum absolute atomic E-state index is 12.0. The number of sulfonamides is 1. The molecule has 0 fully saturated rings. The van der Waals surface area contributed by atoms with Crippen LogP contribution in [0, 0.1) is 0 Å². The minimum atomic E-state index is -3.61. The molecule has 1 rings (SSSR count). The molecule has 108 valence electrons. The highest BCUT2D eigenvalue weighted by atomic mass is 32.2. The third-order valence-corrected chi connectivity index (χ3v) is 4.07. The SMILES string of the molecule is CNC(=O)c1cc(S(=O)(=O)NCCC(C)N)cn1C. The van der Waals surface area contributed by atoms with Crippen LogP contribution in [0.15, 0.2) is 17.2 Å². The van der Waals surface area contributed by atoms with Gasteiger partial charge in [-0.15, -0.1) is 0 Å². The molecule has 0 saturated heterocycles. The Labute approximate surface area is 113 Å². The fourth-order valence-corrected chi connectivity index (χ4v) is 2.66. The molecule has 0 aliphatic heterocycles. The lowest BCUT2D eigenvalue weighted by Crippen LogP contribution is -2.28. The third-order valence-electron chi connectivity index (χ3n) is 2.64. The fraction of sp³-hybridized carbons (Fsp3) is 0.545. The standard InChI is InChI=1S/C11H20N4O3S/c1-8(12)4-5-14-19(17,18)9-6-10(11(16)13-2)15(3)7-9/h6-8,14H,4-5,12H2,1-3H3,(H,13,16). The highest BCUT2D eigenvalue weighted by molar-refractivity contribution is 7.89. The average Bonchev–Trinajstić information content (AvgIpc) is 2.70. The van der Waals surface area contributed by atoms with Crippen molar-refractivity contribution in [3.63, 3.8) is 0 Å². The summed E-state index contributed by atoms with van der Waals surface area (Å²) in [5.74, 6) is -0.334. The number of aromatic nitrogens is 1. The van der Waals surface area contributed by atoms with Gasteiger partial charge < -0.3 is 15.6 Å². The van der Waals surface area contributed by atoms with Gasteiger partial charge in [-0.1, -0.05) is 0 Å². The molecular weight excluding hydrogens is 268 g/mol. The van der Waals surface area contributed by atoms with E-state index in [1.165, 1.54) is 23.9 Å². The fourth-order valence-electron chi connectivity index (χ4n) is 1.54. The molecule has 0 aliphatic rings. The Balaban J connectivity index is 2.87. The van der Waals surface area contributed by atoms with Crippen molar-refractivity contribution in [1.82, 2.24) is 14.6 Å². The predicted octanol–water partition coefficient (Wildman–Crippen LogP) is -0.600. The molecule has 1 heterocycles. The topological polar surface area (TPSA) is 106 Å². The van der Waals surface area contributed by atoms with Crippen LogP contribution in [0.4, 0.5) is 0 Å². The lowest BCUT2D eigenvalue weighted by Gasteiger charge is -2.06. The molecule has 8 heteroatoms. The van der Waals surface area contributed by atoms with E-state index in [4.69, 9.17) is 5.73 Å². The van der Waals surface area contributed by atoms with E-state index in [9.17, 15) is 13.2 Å². The number of nitrogens with one attached hydrogen (secondary N) is 2. The lowest BCUT2D eigenvalue weighted by atomic mass is 10.3. The predicted molar refractivity (Wildman–Crippen MR) is 72.3 cm³/mol. The van der Waals surface area contributed by atoms with Gasteiger partial charge in [0.1, 0.15) is 10.6 Å². The Morgan fingerprint density at radius 2 is 2.16 bits per heavy atom. The molecule has 7 nitrogen and oxygen atoms in total. The van der Waals surface area contributed by atoms with Crippen LogP contribution in [0.1, 0.15) is 23.8 Å². The smallest absolute Gasteiger partial charge is 0.267 e. The lowest BCUT2D eigenvalue weighted by molar-refractivity contribution is 0.0955. The van der Waals surface area contributed by atoms with Gasteiger partial charge in [0, 0.05) is 32.9 Å². The summed E-state index contributed by atoms with van der Waals surface area (Å²) < 4.78 is 27.9. The van der Waals surface area contributed by atoms with Crippen molar-refractivity contribution in [3.8, 4) is 0 Å². The Morgan fingerprint density at radius 3 is 2.68 bits per heavy atom. The number of rotatable bonds is 6. The van der Waals surface area contributed by atoms with E-state index in [0.717, 1.165) is 0 Å². The quantitative estimate of drug-likeness (QED) is 0.650.